The molecule has 5 heteroatoms. The Balaban J connectivity index is 2.10. The largest absolute Gasteiger partial charge is 0.496 e. The number of hydrogen-bond donors (Lipinski definition) is 1. The van der Waals surface area contributed by atoms with Crippen LogP contribution in [0.15, 0.2) is 18.2 Å². The second-order valence-corrected chi connectivity index (χ2v) is 4.99. The van der Waals surface area contributed by atoms with Crippen LogP contribution in [-0.2, 0) is 6.54 Å². The van der Waals surface area contributed by atoms with Crippen molar-refractivity contribution < 1.29 is 4.74 Å². The van der Waals surface area contributed by atoms with Gasteiger partial charge >= 0.3 is 0 Å². The molecule has 1 aliphatic heterocycles. The zero-order chi connectivity index (χ0) is 13.4. The molecule has 0 saturated heterocycles. The Morgan fingerprint density at radius 1 is 1.42 bits per heavy atom. The summed E-state index contributed by atoms with van der Waals surface area (Å²) in [5.41, 5.74) is 8.12. The van der Waals surface area contributed by atoms with Crippen molar-refractivity contribution in [1.29, 1.82) is 0 Å². The van der Waals surface area contributed by atoms with Gasteiger partial charge in [-0.3, -0.25) is 0 Å². The highest BCUT2D eigenvalue weighted by atomic mass is 16.5. The third kappa shape index (κ3) is 2.05. The van der Waals surface area contributed by atoms with Gasteiger partial charge in [-0.05, 0) is 25.8 Å². The minimum atomic E-state index is 0.216. The molecule has 19 heavy (non-hydrogen) atoms. The molecule has 1 atom stereocenters. The molecule has 0 spiro atoms. The summed E-state index contributed by atoms with van der Waals surface area (Å²) in [6.45, 7) is 2.98. The fourth-order valence-electron chi connectivity index (χ4n) is 2.79. The van der Waals surface area contributed by atoms with Crippen molar-refractivity contribution in [2.45, 2.75) is 32.2 Å². The summed E-state index contributed by atoms with van der Waals surface area (Å²) in [5, 5.41) is 4.25. The lowest BCUT2D eigenvalue weighted by molar-refractivity contribution is 0.393. The van der Waals surface area contributed by atoms with E-state index in [2.05, 4.69) is 29.1 Å². The van der Waals surface area contributed by atoms with Gasteiger partial charge in [-0.25, -0.2) is 4.68 Å². The maximum absolute atomic E-state index is 5.72. The minimum absolute atomic E-state index is 0.216. The molecule has 3 rings (SSSR count). The summed E-state index contributed by atoms with van der Waals surface area (Å²) in [7, 11) is 1.70. The van der Waals surface area contributed by atoms with Crippen molar-refractivity contribution in [3.05, 3.63) is 35.2 Å². The van der Waals surface area contributed by atoms with Gasteiger partial charge in [0.1, 0.15) is 11.6 Å². The van der Waals surface area contributed by atoms with Gasteiger partial charge in [0.05, 0.1) is 7.11 Å². The average molecular weight is 258 g/mol. The zero-order valence-corrected chi connectivity index (χ0v) is 11.3. The summed E-state index contributed by atoms with van der Waals surface area (Å²) >= 11 is 0. The first kappa shape index (κ1) is 12.0. The maximum Gasteiger partial charge on any atom is 0.239 e. The lowest BCUT2D eigenvalue weighted by atomic mass is 9.89. The molecule has 2 heterocycles. The topological polar surface area (TPSA) is 66.0 Å². The van der Waals surface area contributed by atoms with Crippen molar-refractivity contribution in [2.75, 3.05) is 12.8 Å². The van der Waals surface area contributed by atoms with E-state index in [-0.39, 0.29) is 5.92 Å². The van der Waals surface area contributed by atoms with E-state index in [1.165, 1.54) is 11.1 Å². The molecule has 0 radical (unpaired) electrons. The van der Waals surface area contributed by atoms with Crippen LogP contribution >= 0.6 is 0 Å². The Kier molecular flexibility index (Phi) is 2.89. The normalized spacial score (nSPS) is 18.1. The molecule has 1 unspecified atom stereocenters. The van der Waals surface area contributed by atoms with Gasteiger partial charge in [-0.2, -0.15) is 4.98 Å². The number of fused-ring (bicyclic) bond motifs is 1. The third-order valence-corrected chi connectivity index (χ3v) is 3.65. The van der Waals surface area contributed by atoms with Crippen LogP contribution < -0.4 is 10.5 Å². The molecule has 1 aromatic heterocycles. The molecule has 0 amide bonds. The van der Waals surface area contributed by atoms with Crippen molar-refractivity contribution in [3.63, 3.8) is 0 Å². The zero-order valence-electron chi connectivity index (χ0n) is 11.3. The molecule has 5 nitrogen and oxygen atoms in total. The van der Waals surface area contributed by atoms with E-state index in [1.807, 2.05) is 10.7 Å². The summed E-state index contributed by atoms with van der Waals surface area (Å²) in [4.78, 5) is 4.39. The number of aromatic nitrogens is 3. The second-order valence-electron chi connectivity index (χ2n) is 4.99. The quantitative estimate of drug-likeness (QED) is 0.895. The van der Waals surface area contributed by atoms with Crippen molar-refractivity contribution in [3.8, 4) is 5.75 Å². The predicted octanol–water partition coefficient (Wildman–Crippen LogP) is 2.10. The SMILES string of the molecule is COc1ccc(C)cc1C1CCCn2nc(N)nc21. The van der Waals surface area contributed by atoms with Crippen molar-refractivity contribution in [1.82, 2.24) is 14.8 Å². The van der Waals surface area contributed by atoms with Gasteiger partial charge < -0.3 is 10.5 Å². The highest BCUT2D eigenvalue weighted by Crippen LogP contribution is 2.37. The molecule has 1 aliphatic rings. The first-order valence-corrected chi connectivity index (χ1v) is 6.54. The number of benzene rings is 1. The highest BCUT2D eigenvalue weighted by molar-refractivity contribution is 5.42. The molecular weight excluding hydrogens is 240 g/mol. The first-order chi connectivity index (χ1) is 9.19. The molecule has 0 bridgehead atoms. The number of anilines is 1. The number of methoxy groups -OCH3 is 1. The average Bonchev–Trinajstić information content (AvgIpc) is 2.78. The Morgan fingerprint density at radius 3 is 3.05 bits per heavy atom. The Labute approximate surface area is 112 Å². The number of aryl methyl sites for hydroxylation is 2. The second kappa shape index (κ2) is 4.57. The van der Waals surface area contributed by atoms with Crippen LogP contribution in [0.1, 0.15) is 35.7 Å². The van der Waals surface area contributed by atoms with Gasteiger partial charge in [0.15, 0.2) is 0 Å². The van der Waals surface area contributed by atoms with Gasteiger partial charge in [0, 0.05) is 18.0 Å². The molecule has 0 fully saturated rings. The fraction of sp³-hybridized carbons (Fsp3) is 0.429. The van der Waals surface area contributed by atoms with Crippen LogP contribution in [0.5, 0.6) is 5.75 Å². The maximum atomic E-state index is 5.72. The molecule has 0 aliphatic carbocycles. The summed E-state index contributed by atoms with van der Waals surface area (Å²) in [5.74, 6) is 2.43. The molecule has 0 saturated carbocycles. The van der Waals surface area contributed by atoms with Crippen LogP contribution in [0.3, 0.4) is 0 Å². The molecule has 2 N–H and O–H groups in total. The van der Waals surface area contributed by atoms with Crippen molar-refractivity contribution >= 4 is 5.95 Å². The van der Waals surface area contributed by atoms with Crippen LogP contribution in [0.4, 0.5) is 5.95 Å². The van der Waals surface area contributed by atoms with Gasteiger partial charge in [-0.1, -0.05) is 17.7 Å². The Bertz CT molecular complexity index is 605. The number of nitrogen functional groups attached to an aromatic ring is 1. The Morgan fingerprint density at radius 2 is 2.26 bits per heavy atom. The lowest BCUT2D eigenvalue weighted by Gasteiger charge is -2.24. The summed E-state index contributed by atoms with van der Waals surface area (Å²) < 4.78 is 7.41. The summed E-state index contributed by atoms with van der Waals surface area (Å²) in [6, 6.07) is 6.25. The van der Waals surface area contributed by atoms with Gasteiger partial charge in [0.2, 0.25) is 5.95 Å². The number of ether oxygens (including phenoxy) is 1. The fourth-order valence-corrected chi connectivity index (χ4v) is 2.79. The van der Waals surface area contributed by atoms with Crippen LogP contribution in [0, 0.1) is 6.92 Å². The van der Waals surface area contributed by atoms with E-state index < -0.39 is 0 Å². The monoisotopic (exact) mass is 258 g/mol. The third-order valence-electron chi connectivity index (χ3n) is 3.65. The first-order valence-electron chi connectivity index (χ1n) is 6.54. The number of nitrogens with two attached hydrogens (primary N) is 1. The smallest absolute Gasteiger partial charge is 0.239 e. The highest BCUT2D eigenvalue weighted by Gasteiger charge is 2.27. The molecule has 2 aromatic rings. The van der Waals surface area contributed by atoms with Gasteiger partial charge in [-0.15, -0.1) is 5.10 Å². The predicted molar refractivity (Wildman–Crippen MR) is 73.2 cm³/mol. The van der Waals surface area contributed by atoms with E-state index in [1.54, 1.807) is 7.11 Å². The molecular formula is C14H18N4O. The Hall–Kier alpha value is -2.04. The number of nitrogens with zero attached hydrogens (tertiary/aromatic N) is 3. The van der Waals surface area contributed by atoms with Crippen LogP contribution in [0.2, 0.25) is 0 Å². The lowest BCUT2D eigenvalue weighted by Crippen LogP contribution is -2.18. The van der Waals surface area contributed by atoms with Crippen molar-refractivity contribution in [2.24, 2.45) is 0 Å². The van der Waals surface area contributed by atoms with Gasteiger partial charge in [0.25, 0.3) is 0 Å². The number of rotatable bonds is 2. The number of hydrogen-bond acceptors (Lipinski definition) is 4. The van der Waals surface area contributed by atoms with E-state index >= 15 is 0 Å². The van der Waals surface area contributed by atoms with E-state index in [0.29, 0.717) is 5.95 Å². The molecule has 100 valence electrons. The van der Waals surface area contributed by atoms with Crippen LogP contribution in [0.25, 0.3) is 0 Å². The standard InChI is InChI=1S/C14H18N4O/c1-9-5-6-12(19-2)11(8-9)10-4-3-7-18-13(10)16-14(15)17-18/h5-6,8,10H,3-4,7H2,1-2H3,(H2,15,17). The molecule has 1 aromatic carbocycles. The van der Waals surface area contributed by atoms with E-state index in [9.17, 15) is 0 Å². The summed E-state index contributed by atoms with van der Waals surface area (Å²) in [6.07, 6.45) is 2.13. The van der Waals surface area contributed by atoms with Crippen LogP contribution in [-0.4, -0.2) is 21.9 Å². The van der Waals surface area contributed by atoms with E-state index in [0.717, 1.165) is 31.0 Å². The minimum Gasteiger partial charge on any atom is -0.496 e. The van der Waals surface area contributed by atoms with E-state index in [4.69, 9.17) is 10.5 Å².